The molecule has 2 rings (SSSR count). The Morgan fingerprint density at radius 3 is 2.52 bits per heavy atom. The van der Waals surface area contributed by atoms with Crippen LogP contribution in [0, 0.1) is 11.6 Å². The maximum Gasteiger partial charge on any atom is 0.127 e. The molecule has 4 heteroatoms. The smallest absolute Gasteiger partial charge is 0.127 e. The Labute approximate surface area is 123 Å². The van der Waals surface area contributed by atoms with Gasteiger partial charge in [-0.25, -0.2) is 8.78 Å². The van der Waals surface area contributed by atoms with Crippen LogP contribution in [0.15, 0.2) is 48.5 Å². The fourth-order valence-electron chi connectivity index (χ4n) is 2.33. The monoisotopic (exact) mass is 291 g/mol. The predicted molar refractivity (Wildman–Crippen MR) is 79.0 cm³/mol. The summed E-state index contributed by atoms with van der Waals surface area (Å²) in [6, 6.07) is 13.3. The Morgan fingerprint density at radius 2 is 1.81 bits per heavy atom. The number of rotatable bonds is 7. The van der Waals surface area contributed by atoms with E-state index in [1.807, 2.05) is 30.3 Å². The van der Waals surface area contributed by atoms with Gasteiger partial charge < -0.3 is 10.4 Å². The molecule has 0 spiro atoms. The molecule has 0 aliphatic rings. The zero-order valence-corrected chi connectivity index (χ0v) is 11.7. The Kier molecular flexibility index (Phi) is 5.84. The van der Waals surface area contributed by atoms with Crippen molar-refractivity contribution in [3.8, 4) is 0 Å². The van der Waals surface area contributed by atoms with Crippen molar-refractivity contribution >= 4 is 0 Å². The van der Waals surface area contributed by atoms with E-state index in [1.54, 1.807) is 0 Å². The van der Waals surface area contributed by atoms with Crippen molar-refractivity contribution in [3.63, 3.8) is 0 Å². The number of aliphatic hydroxyl groups excluding tert-OH is 1. The SMILES string of the molecule is OCCC(CNCc1cc(F)ccc1F)c1ccccc1. The molecule has 0 radical (unpaired) electrons. The van der Waals surface area contributed by atoms with E-state index >= 15 is 0 Å². The summed E-state index contributed by atoms with van der Waals surface area (Å²) < 4.78 is 26.6. The summed E-state index contributed by atoms with van der Waals surface area (Å²) in [7, 11) is 0. The number of benzene rings is 2. The topological polar surface area (TPSA) is 32.3 Å². The minimum Gasteiger partial charge on any atom is -0.396 e. The number of nitrogens with one attached hydrogen (secondary N) is 1. The molecule has 0 heterocycles. The minimum atomic E-state index is -0.442. The Bertz CT molecular complexity index is 560. The molecular formula is C17H19F2NO. The quantitative estimate of drug-likeness (QED) is 0.821. The second-order valence-corrected chi connectivity index (χ2v) is 4.99. The third-order valence-corrected chi connectivity index (χ3v) is 3.46. The molecule has 0 saturated carbocycles. The highest BCUT2D eigenvalue weighted by Gasteiger charge is 2.11. The average molecular weight is 291 g/mol. The summed E-state index contributed by atoms with van der Waals surface area (Å²) in [4.78, 5) is 0. The van der Waals surface area contributed by atoms with Gasteiger partial charge in [-0.1, -0.05) is 30.3 Å². The summed E-state index contributed by atoms with van der Waals surface area (Å²) in [5.41, 5.74) is 1.43. The van der Waals surface area contributed by atoms with Crippen LogP contribution in [0.2, 0.25) is 0 Å². The third kappa shape index (κ3) is 4.62. The van der Waals surface area contributed by atoms with E-state index in [4.69, 9.17) is 5.11 Å². The summed E-state index contributed by atoms with van der Waals surface area (Å²) in [5, 5.41) is 12.3. The first-order chi connectivity index (χ1) is 10.2. The van der Waals surface area contributed by atoms with Gasteiger partial charge in [-0.2, -0.15) is 0 Å². The normalized spacial score (nSPS) is 12.3. The lowest BCUT2D eigenvalue weighted by Gasteiger charge is -2.17. The molecule has 2 N–H and O–H groups in total. The van der Waals surface area contributed by atoms with E-state index in [1.165, 1.54) is 6.07 Å². The highest BCUT2D eigenvalue weighted by molar-refractivity contribution is 5.21. The lowest BCUT2D eigenvalue weighted by Crippen LogP contribution is -2.22. The molecule has 112 valence electrons. The van der Waals surface area contributed by atoms with Gasteiger partial charge in [0.05, 0.1) is 0 Å². The van der Waals surface area contributed by atoms with Gasteiger partial charge in [0.15, 0.2) is 0 Å². The van der Waals surface area contributed by atoms with Crippen LogP contribution in [0.25, 0.3) is 0 Å². The second kappa shape index (κ2) is 7.86. The van der Waals surface area contributed by atoms with Crippen LogP contribution in [0.5, 0.6) is 0 Å². The molecule has 2 nitrogen and oxygen atoms in total. The zero-order chi connectivity index (χ0) is 15.1. The van der Waals surface area contributed by atoms with Crippen LogP contribution in [0.4, 0.5) is 8.78 Å². The largest absolute Gasteiger partial charge is 0.396 e. The van der Waals surface area contributed by atoms with Gasteiger partial charge in [-0.3, -0.25) is 0 Å². The predicted octanol–water partition coefficient (Wildman–Crippen LogP) is 3.22. The molecule has 1 atom stereocenters. The van der Waals surface area contributed by atoms with Crippen molar-refractivity contribution in [2.75, 3.05) is 13.2 Å². The van der Waals surface area contributed by atoms with Crippen LogP contribution in [-0.4, -0.2) is 18.3 Å². The van der Waals surface area contributed by atoms with Gasteiger partial charge >= 0.3 is 0 Å². The van der Waals surface area contributed by atoms with Gasteiger partial charge in [0.25, 0.3) is 0 Å². The molecule has 0 aliphatic heterocycles. The first kappa shape index (κ1) is 15.6. The molecule has 0 fully saturated rings. The molecule has 0 amide bonds. The zero-order valence-electron chi connectivity index (χ0n) is 11.7. The summed E-state index contributed by atoms with van der Waals surface area (Å²) in [5.74, 6) is -0.710. The molecule has 21 heavy (non-hydrogen) atoms. The molecule has 1 unspecified atom stereocenters. The van der Waals surface area contributed by atoms with Crippen LogP contribution in [0.3, 0.4) is 0 Å². The van der Waals surface area contributed by atoms with Gasteiger partial charge in [-0.05, 0) is 36.1 Å². The fourth-order valence-corrected chi connectivity index (χ4v) is 2.33. The van der Waals surface area contributed by atoms with Crippen molar-refractivity contribution in [1.82, 2.24) is 5.32 Å². The van der Waals surface area contributed by atoms with Crippen molar-refractivity contribution in [2.24, 2.45) is 0 Å². The third-order valence-electron chi connectivity index (χ3n) is 3.46. The molecule has 0 aliphatic carbocycles. The highest BCUT2D eigenvalue weighted by atomic mass is 19.1. The second-order valence-electron chi connectivity index (χ2n) is 4.99. The minimum absolute atomic E-state index is 0.0928. The molecule has 0 bridgehead atoms. The van der Waals surface area contributed by atoms with Crippen molar-refractivity contribution in [1.29, 1.82) is 0 Å². The van der Waals surface area contributed by atoms with Gasteiger partial charge in [0.1, 0.15) is 11.6 Å². The van der Waals surface area contributed by atoms with E-state index in [9.17, 15) is 8.78 Å². The molecule has 0 aromatic heterocycles. The molecular weight excluding hydrogens is 272 g/mol. The molecule has 0 saturated heterocycles. The fraction of sp³-hybridized carbons (Fsp3) is 0.294. The lowest BCUT2D eigenvalue weighted by molar-refractivity contribution is 0.273. The number of hydrogen-bond acceptors (Lipinski definition) is 2. The first-order valence-electron chi connectivity index (χ1n) is 7.01. The highest BCUT2D eigenvalue weighted by Crippen LogP contribution is 2.18. The average Bonchev–Trinajstić information content (AvgIpc) is 2.51. The summed E-state index contributed by atoms with van der Waals surface area (Å²) in [6.07, 6.45) is 0.628. The number of hydrogen-bond donors (Lipinski definition) is 2. The van der Waals surface area contributed by atoms with Crippen LogP contribution in [-0.2, 0) is 6.54 Å². The lowest BCUT2D eigenvalue weighted by atomic mass is 9.96. The maximum absolute atomic E-state index is 13.5. The van der Waals surface area contributed by atoms with Crippen molar-refractivity contribution in [2.45, 2.75) is 18.9 Å². The molecule has 2 aromatic rings. The number of halogens is 2. The van der Waals surface area contributed by atoms with Gasteiger partial charge in [0.2, 0.25) is 0 Å². The van der Waals surface area contributed by atoms with E-state index in [-0.39, 0.29) is 19.1 Å². The van der Waals surface area contributed by atoms with Crippen LogP contribution >= 0.6 is 0 Å². The van der Waals surface area contributed by atoms with Gasteiger partial charge in [-0.15, -0.1) is 0 Å². The summed E-state index contributed by atoms with van der Waals surface area (Å²) in [6.45, 7) is 0.953. The van der Waals surface area contributed by atoms with E-state index in [0.29, 0.717) is 18.5 Å². The Morgan fingerprint density at radius 1 is 1.05 bits per heavy atom. The first-order valence-corrected chi connectivity index (χ1v) is 7.01. The van der Waals surface area contributed by atoms with E-state index in [0.717, 1.165) is 17.7 Å². The standard InChI is InChI=1S/C17H19F2NO/c18-16-6-7-17(19)15(10-16)12-20-11-14(8-9-21)13-4-2-1-3-5-13/h1-7,10,14,20-21H,8-9,11-12H2. The number of aliphatic hydroxyl groups is 1. The van der Waals surface area contributed by atoms with Gasteiger partial charge in [0, 0.05) is 25.3 Å². The summed E-state index contributed by atoms with van der Waals surface area (Å²) >= 11 is 0. The van der Waals surface area contributed by atoms with Crippen molar-refractivity contribution in [3.05, 3.63) is 71.3 Å². The Hall–Kier alpha value is -1.78. The van der Waals surface area contributed by atoms with Crippen LogP contribution < -0.4 is 5.32 Å². The van der Waals surface area contributed by atoms with E-state index in [2.05, 4.69) is 5.32 Å². The van der Waals surface area contributed by atoms with E-state index < -0.39 is 11.6 Å². The Balaban J connectivity index is 1.95. The van der Waals surface area contributed by atoms with Crippen LogP contribution in [0.1, 0.15) is 23.5 Å². The molecule has 2 aromatic carbocycles. The van der Waals surface area contributed by atoms with Crippen molar-refractivity contribution < 1.29 is 13.9 Å². The maximum atomic E-state index is 13.5.